The van der Waals surface area contributed by atoms with Gasteiger partial charge < -0.3 is 10.1 Å². The molecule has 1 aromatic heterocycles. The minimum atomic E-state index is -0.464. The van der Waals surface area contributed by atoms with Crippen LogP contribution >= 0.6 is 0 Å². The van der Waals surface area contributed by atoms with E-state index in [2.05, 4.69) is 22.1 Å². The van der Waals surface area contributed by atoms with Crippen molar-refractivity contribution < 1.29 is 9.53 Å². The molecule has 0 spiro atoms. The number of hydrogen-bond acceptors (Lipinski definition) is 3. The minimum absolute atomic E-state index is 0.383. The van der Waals surface area contributed by atoms with E-state index in [-0.39, 0.29) is 6.09 Å². The highest BCUT2D eigenvalue weighted by Crippen LogP contribution is 2.12. The van der Waals surface area contributed by atoms with Crippen LogP contribution in [0, 0.1) is 11.8 Å². The summed E-state index contributed by atoms with van der Waals surface area (Å²) in [5.74, 6) is 6.25. The number of carbonyl (C=O) groups excluding carboxylic acids is 1. The van der Waals surface area contributed by atoms with Crippen LogP contribution in [0.2, 0.25) is 0 Å². The van der Waals surface area contributed by atoms with Gasteiger partial charge in [0.2, 0.25) is 0 Å². The molecule has 23 heavy (non-hydrogen) atoms. The average Bonchev–Trinajstić information content (AvgIpc) is 2.49. The molecule has 1 N–H and O–H groups in total. The Balaban J connectivity index is 1.76. The predicted molar refractivity (Wildman–Crippen MR) is 92.1 cm³/mol. The number of aromatic nitrogens is 1. The molecule has 0 saturated heterocycles. The van der Waals surface area contributed by atoms with Gasteiger partial charge >= 0.3 is 6.09 Å². The van der Waals surface area contributed by atoms with Crippen molar-refractivity contribution in [1.29, 1.82) is 0 Å². The highest BCUT2D eigenvalue weighted by Gasteiger charge is 2.15. The molecule has 0 atom stereocenters. The number of hydrogen-bond donors (Lipinski definition) is 1. The number of ether oxygens (including phenoxy) is 1. The number of unbranched alkanes of at least 4 members (excludes halogenated alkanes) is 1. The molecule has 0 bridgehead atoms. The number of nitrogens with zero attached hydrogens (tertiary/aromatic N) is 1. The SMILES string of the molecule is CC(C)(C)OC(=O)NCCCC#Cc1ccc2cccnc2c1. The van der Waals surface area contributed by atoms with Crippen molar-refractivity contribution in [3.8, 4) is 11.8 Å². The van der Waals surface area contributed by atoms with E-state index in [4.69, 9.17) is 4.74 Å². The molecule has 0 aliphatic rings. The summed E-state index contributed by atoms with van der Waals surface area (Å²) in [6.45, 7) is 6.09. The third kappa shape index (κ3) is 5.99. The quantitative estimate of drug-likeness (QED) is 0.691. The summed E-state index contributed by atoms with van der Waals surface area (Å²) in [5.41, 5.74) is 1.44. The van der Waals surface area contributed by atoms with E-state index >= 15 is 0 Å². The van der Waals surface area contributed by atoms with Crippen LogP contribution in [0.15, 0.2) is 36.5 Å². The summed E-state index contributed by atoms with van der Waals surface area (Å²) in [4.78, 5) is 15.8. The number of alkyl carbamates (subject to hydrolysis) is 1. The van der Waals surface area contributed by atoms with Crippen molar-refractivity contribution in [2.24, 2.45) is 0 Å². The molecule has 4 heteroatoms. The zero-order chi connectivity index (χ0) is 16.7. The lowest BCUT2D eigenvalue weighted by molar-refractivity contribution is 0.0527. The average molecular weight is 310 g/mol. The Morgan fingerprint density at radius 2 is 2.13 bits per heavy atom. The second kappa shape index (κ2) is 7.64. The largest absolute Gasteiger partial charge is 0.444 e. The first-order valence-corrected chi connectivity index (χ1v) is 7.74. The number of pyridine rings is 1. The summed E-state index contributed by atoms with van der Waals surface area (Å²) in [5, 5.41) is 3.83. The van der Waals surface area contributed by atoms with Crippen LogP contribution in [-0.4, -0.2) is 23.2 Å². The molecule has 4 nitrogen and oxygen atoms in total. The maximum Gasteiger partial charge on any atom is 0.407 e. The van der Waals surface area contributed by atoms with Crippen LogP contribution < -0.4 is 5.32 Å². The molecule has 0 fully saturated rings. The smallest absolute Gasteiger partial charge is 0.407 e. The Morgan fingerprint density at radius 1 is 1.30 bits per heavy atom. The molecule has 1 aromatic carbocycles. The highest BCUT2D eigenvalue weighted by molar-refractivity contribution is 5.79. The van der Waals surface area contributed by atoms with Gasteiger partial charge in [-0.3, -0.25) is 4.98 Å². The van der Waals surface area contributed by atoms with Gasteiger partial charge in [0.1, 0.15) is 5.60 Å². The molecule has 2 rings (SSSR count). The van der Waals surface area contributed by atoms with Crippen molar-refractivity contribution in [2.75, 3.05) is 6.54 Å². The molecular formula is C19H22N2O2. The summed E-state index contributed by atoms with van der Waals surface area (Å²) in [6, 6.07) is 9.96. The molecule has 1 amide bonds. The van der Waals surface area contributed by atoms with E-state index in [0.29, 0.717) is 6.54 Å². The molecule has 0 radical (unpaired) electrons. The van der Waals surface area contributed by atoms with Crippen molar-refractivity contribution in [1.82, 2.24) is 10.3 Å². The molecular weight excluding hydrogens is 288 g/mol. The summed E-state index contributed by atoms with van der Waals surface area (Å²) in [7, 11) is 0. The van der Waals surface area contributed by atoms with Crippen LogP contribution in [-0.2, 0) is 4.74 Å². The van der Waals surface area contributed by atoms with Crippen LogP contribution in [0.5, 0.6) is 0 Å². The standard InChI is InChI=1S/C19H22N2O2/c1-19(2,3)23-18(22)21-12-6-4-5-8-15-10-11-16-9-7-13-20-17(16)14-15/h7,9-11,13-14H,4,6,12H2,1-3H3,(H,21,22). The van der Waals surface area contributed by atoms with Gasteiger partial charge in [-0.25, -0.2) is 4.79 Å². The van der Waals surface area contributed by atoms with Crippen molar-refractivity contribution in [3.63, 3.8) is 0 Å². The zero-order valence-corrected chi connectivity index (χ0v) is 13.8. The van der Waals surface area contributed by atoms with Gasteiger partial charge in [0, 0.05) is 30.1 Å². The first-order valence-electron chi connectivity index (χ1n) is 7.74. The van der Waals surface area contributed by atoms with Gasteiger partial charge in [-0.05, 0) is 45.4 Å². The first-order chi connectivity index (χ1) is 10.9. The molecule has 1 heterocycles. The fraction of sp³-hybridized carbons (Fsp3) is 0.368. The summed E-state index contributed by atoms with van der Waals surface area (Å²) < 4.78 is 5.16. The van der Waals surface area contributed by atoms with Crippen LogP contribution in [0.4, 0.5) is 4.79 Å². The zero-order valence-electron chi connectivity index (χ0n) is 13.8. The van der Waals surface area contributed by atoms with Gasteiger partial charge in [0.15, 0.2) is 0 Å². The lowest BCUT2D eigenvalue weighted by atomic mass is 10.1. The molecule has 0 aliphatic heterocycles. The van der Waals surface area contributed by atoms with E-state index in [1.54, 1.807) is 6.20 Å². The van der Waals surface area contributed by atoms with Crippen molar-refractivity contribution >= 4 is 17.0 Å². The van der Waals surface area contributed by atoms with Gasteiger partial charge in [0.05, 0.1) is 5.52 Å². The molecule has 0 aliphatic carbocycles. The van der Waals surface area contributed by atoms with Gasteiger partial charge in [0.25, 0.3) is 0 Å². The van der Waals surface area contributed by atoms with Crippen molar-refractivity contribution in [2.45, 2.75) is 39.2 Å². The van der Waals surface area contributed by atoms with Gasteiger partial charge in [-0.1, -0.05) is 24.0 Å². The summed E-state index contributed by atoms with van der Waals surface area (Å²) >= 11 is 0. The fourth-order valence-electron chi connectivity index (χ4n) is 1.99. The molecule has 2 aromatic rings. The molecule has 0 saturated carbocycles. The second-order valence-electron chi connectivity index (χ2n) is 6.24. The summed E-state index contributed by atoms with van der Waals surface area (Å²) in [6.07, 6.45) is 2.90. The Hall–Kier alpha value is -2.54. The van der Waals surface area contributed by atoms with Gasteiger partial charge in [-0.2, -0.15) is 0 Å². The molecule has 0 unspecified atom stereocenters. The number of carbonyl (C=O) groups is 1. The van der Waals surface area contributed by atoms with Crippen LogP contribution in [0.1, 0.15) is 39.2 Å². The van der Waals surface area contributed by atoms with E-state index in [9.17, 15) is 4.79 Å². The maximum absolute atomic E-state index is 11.5. The van der Waals surface area contributed by atoms with Gasteiger partial charge in [-0.15, -0.1) is 0 Å². The first kappa shape index (κ1) is 16.8. The lowest BCUT2D eigenvalue weighted by Gasteiger charge is -2.19. The normalized spacial score (nSPS) is 10.7. The number of fused-ring (bicyclic) bond motifs is 1. The predicted octanol–water partition coefficient (Wildman–Crippen LogP) is 3.89. The van der Waals surface area contributed by atoms with E-state index < -0.39 is 5.60 Å². The number of nitrogens with one attached hydrogen (secondary N) is 1. The van der Waals surface area contributed by atoms with Crippen LogP contribution in [0.25, 0.3) is 10.9 Å². The van der Waals surface area contributed by atoms with Crippen molar-refractivity contribution in [3.05, 3.63) is 42.1 Å². The maximum atomic E-state index is 11.5. The second-order valence-corrected chi connectivity index (χ2v) is 6.24. The van der Waals surface area contributed by atoms with E-state index in [1.807, 2.05) is 51.1 Å². The highest BCUT2D eigenvalue weighted by atomic mass is 16.6. The Morgan fingerprint density at radius 3 is 2.91 bits per heavy atom. The topological polar surface area (TPSA) is 51.2 Å². The Kier molecular flexibility index (Phi) is 5.59. The number of amides is 1. The third-order valence-electron chi connectivity index (χ3n) is 2.99. The number of benzene rings is 1. The van der Waals surface area contributed by atoms with E-state index in [1.165, 1.54) is 0 Å². The van der Waals surface area contributed by atoms with E-state index in [0.717, 1.165) is 29.3 Å². The Bertz CT molecular complexity index is 736. The fourth-order valence-corrected chi connectivity index (χ4v) is 1.99. The third-order valence-corrected chi connectivity index (χ3v) is 2.99. The lowest BCUT2D eigenvalue weighted by Crippen LogP contribution is -2.32. The number of rotatable bonds is 3. The Labute approximate surface area is 137 Å². The van der Waals surface area contributed by atoms with Crippen LogP contribution in [0.3, 0.4) is 0 Å². The molecule has 120 valence electrons. The monoisotopic (exact) mass is 310 g/mol. The minimum Gasteiger partial charge on any atom is -0.444 e.